The number of methoxy groups -OCH3 is 1. The molecule has 126 valence electrons. The first-order chi connectivity index (χ1) is 10.3. The molecule has 0 aromatic heterocycles. The van der Waals surface area contributed by atoms with Gasteiger partial charge in [-0.05, 0) is 38.8 Å². The molecule has 2 unspecified atom stereocenters. The highest BCUT2D eigenvalue weighted by molar-refractivity contribution is 4.80. The van der Waals surface area contributed by atoms with Gasteiger partial charge in [0.1, 0.15) is 0 Å². The maximum absolute atomic E-state index is 5.64. The highest BCUT2D eigenvalue weighted by Gasteiger charge is 2.23. The van der Waals surface area contributed by atoms with Gasteiger partial charge in [0, 0.05) is 26.2 Å². The molecular formula is C16H34N2O3. The minimum atomic E-state index is 0.618. The van der Waals surface area contributed by atoms with Gasteiger partial charge in [-0.15, -0.1) is 0 Å². The molecule has 1 heterocycles. The average molecular weight is 302 g/mol. The van der Waals surface area contributed by atoms with Gasteiger partial charge in [-0.1, -0.05) is 6.92 Å². The summed E-state index contributed by atoms with van der Waals surface area (Å²) in [4.78, 5) is 2.54. The first-order valence-corrected chi connectivity index (χ1v) is 8.38. The fourth-order valence-corrected chi connectivity index (χ4v) is 2.85. The van der Waals surface area contributed by atoms with Crippen LogP contribution in [0.1, 0.15) is 26.7 Å². The standard InChI is InChI=1S/C16H34N2O3/c1-4-17-15(2)16-6-5-7-18(14-16)8-9-20-12-13-21-11-10-19-3/h15-17H,4-14H2,1-3H3. The van der Waals surface area contributed by atoms with Crippen LogP contribution < -0.4 is 5.32 Å². The molecule has 0 spiro atoms. The third-order valence-electron chi connectivity index (χ3n) is 4.13. The first-order valence-electron chi connectivity index (χ1n) is 8.38. The summed E-state index contributed by atoms with van der Waals surface area (Å²) in [6.07, 6.45) is 2.65. The molecule has 5 heteroatoms. The van der Waals surface area contributed by atoms with Crippen molar-refractivity contribution in [3.8, 4) is 0 Å². The molecule has 1 aliphatic heterocycles. The minimum Gasteiger partial charge on any atom is -0.382 e. The number of hydrogen-bond donors (Lipinski definition) is 1. The van der Waals surface area contributed by atoms with E-state index in [4.69, 9.17) is 14.2 Å². The largest absolute Gasteiger partial charge is 0.382 e. The number of hydrogen-bond acceptors (Lipinski definition) is 5. The van der Waals surface area contributed by atoms with E-state index < -0.39 is 0 Å². The molecule has 1 fully saturated rings. The number of piperidine rings is 1. The fourth-order valence-electron chi connectivity index (χ4n) is 2.85. The summed E-state index contributed by atoms with van der Waals surface area (Å²) in [7, 11) is 1.68. The predicted octanol–water partition coefficient (Wildman–Crippen LogP) is 1.38. The van der Waals surface area contributed by atoms with Crippen LogP contribution in [0, 0.1) is 5.92 Å². The van der Waals surface area contributed by atoms with Gasteiger partial charge < -0.3 is 24.4 Å². The van der Waals surface area contributed by atoms with Crippen molar-refractivity contribution in [3.05, 3.63) is 0 Å². The van der Waals surface area contributed by atoms with Crippen molar-refractivity contribution >= 4 is 0 Å². The zero-order valence-electron chi connectivity index (χ0n) is 14.1. The molecule has 1 aliphatic rings. The van der Waals surface area contributed by atoms with Gasteiger partial charge >= 0.3 is 0 Å². The molecule has 1 N–H and O–H groups in total. The van der Waals surface area contributed by atoms with E-state index in [1.54, 1.807) is 7.11 Å². The maximum Gasteiger partial charge on any atom is 0.0701 e. The van der Waals surface area contributed by atoms with Crippen LogP contribution in [0.2, 0.25) is 0 Å². The molecule has 0 saturated carbocycles. The molecule has 2 atom stereocenters. The summed E-state index contributed by atoms with van der Waals surface area (Å²) >= 11 is 0. The summed E-state index contributed by atoms with van der Waals surface area (Å²) in [5.41, 5.74) is 0. The minimum absolute atomic E-state index is 0.618. The topological polar surface area (TPSA) is 43.0 Å². The lowest BCUT2D eigenvalue weighted by atomic mass is 9.91. The molecule has 0 aromatic rings. The van der Waals surface area contributed by atoms with E-state index in [0.29, 0.717) is 32.5 Å². The first kappa shape index (κ1) is 18.8. The van der Waals surface area contributed by atoms with E-state index in [-0.39, 0.29) is 0 Å². The van der Waals surface area contributed by atoms with Crippen molar-refractivity contribution in [2.75, 3.05) is 66.3 Å². The normalized spacial score (nSPS) is 21.6. The number of nitrogens with zero attached hydrogens (tertiary/aromatic N) is 1. The van der Waals surface area contributed by atoms with E-state index in [9.17, 15) is 0 Å². The molecule has 0 bridgehead atoms. The van der Waals surface area contributed by atoms with Crippen molar-refractivity contribution in [1.29, 1.82) is 0 Å². The predicted molar refractivity (Wildman–Crippen MR) is 85.8 cm³/mol. The number of ether oxygens (including phenoxy) is 3. The number of likely N-dealkylation sites (tertiary alicyclic amines) is 1. The van der Waals surface area contributed by atoms with Crippen LogP contribution >= 0.6 is 0 Å². The van der Waals surface area contributed by atoms with Crippen LogP contribution in [0.3, 0.4) is 0 Å². The quantitative estimate of drug-likeness (QED) is 0.552. The zero-order chi connectivity index (χ0) is 15.3. The van der Waals surface area contributed by atoms with Crippen LogP contribution in [-0.4, -0.2) is 77.3 Å². The molecule has 0 amide bonds. The number of rotatable bonds is 12. The Bertz CT molecular complexity index is 242. The third kappa shape index (κ3) is 8.73. The smallest absolute Gasteiger partial charge is 0.0701 e. The van der Waals surface area contributed by atoms with Gasteiger partial charge in [0.2, 0.25) is 0 Å². The lowest BCUT2D eigenvalue weighted by molar-refractivity contribution is 0.0159. The van der Waals surface area contributed by atoms with E-state index in [1.165, 1.54) is 25.9 Å². The molecule has 1 saturated heterocycles. The van der Waals surface area contributed by atoms with Crippen LogP contribution in [0.25, 0.3) is 0 Å². The second kappa shape index (κ2) is 12.4. The maximum atomic E-state index is 5.64. The lowest BCUT2D eigenvalue weighted by Gasteiger charge is -2.36. The van der Waals surface area contributed by atoms with Gasteiger partial charge in [0.05, 0.1) is 33.0 Å². The Morgan fingerprint density at radius 1 is 1.14 bits per heavy atom. The Balaban J connectivity index is 2.01. The van der Waals surface area contributed by atoms with Crippen molar-refractivity contribution in [2.24, 2.45) is 5.92 Å². The lowest BCUT2D eigenvalue weighted by Crippen LogP contribution is -2.45. The molecule has 21 heavy (non-hydrogen) atoms. The SMILES string of the molecule is CCNC(C)C1CCCN(CCOCCOCCOC)C1. The Morgan fingerprint density at radius 2 is 1.86 bits per heavy atom. The molecule has 0 radical (unpaired) electrons. The van der Waals surface area contributed by atoms with Gasteiger partial charge in [-0.25, -0.2) is 0 Å². The van der Waals surface area contributed by atoms with Gasteiger partial charge in [0.15, 0.2) is 0 Å². The zero-order valence-corrected chi connectivity index (χ0v) is 14.1. The molecular weight excluding hydrogens is 268 g/mol. The van der Waals surface area contributed by atoms with Crippen molar-refractivity contribution in [1.82, 2.24) is 10.2 Å². The Kier molecular flexibility index (Phi) is 11.1. The summed E-state index contributed by atoms with van der Waals surface area (Å²) in [5.74, 6) is 0.774. The second-order valence-electron chi connectivity index (χ2n) is 5.77. The second-order valence-corrected chi connectivity index (χ2v) is 5.77. The van der Waals surface area contributed by atoms with Crippen LogP contribution in [0.15, 0.2) is 0 Å². The fraction of sp³-hybridized carbons (Fsp3) is 1.00. The highest BCUT2D eigenvalue weighted by Crippen LogP contribution is 2.19. The third-order valence-corrected chi connectivity index (χ3v) is 4.13. The van der Waals surface area contributed by atoms with Crippen LogP contribution in [0.4, 0.5) is 0 Å². The van der Waals surface area contributed by atoms with E-state index in [1.807, 2.05) is 0 Å². The van der Waals surface area contributed by atoms with Gasteiger partial charge in [-0.2, -0.15) is 0 Å². The van der Waals surface area contributed by atoms with Gasteiger partial charge in [0.25, 0.3) is 0 Å². The monoisotopic (exact) mass is 302 g/mol. The summed E-state index contributed by atoms with van der Waals surface area (Å²) in [5, 5.41) is 3.55. The van der Waals surface area contributed by atoms with Gasteiger partial charge in [-0.3, -0.25) is 0 Å². The van der Waals surface area contributed by atoms with Crippen molar-refractivity contribution in [2.45, 2.75) is 32.7 Å². The van der Waals surface area contributed by atoms with Crippen LogP contribution in [-0.2, 0) is 14.2 Å². The van der Waals surface area contributed by atoms with Crippen molar-refractivity contribution < 1.29 is 14.2 Å². The van der Waals surface area contributed by atoms with E-state index in [2.05, 4.69) is 24.1 Å². The Labute approximate surface area is 130 Å². The highest BCUT2D eigenvalue weighted by atomic mass is 16.5. The number of nitrogens with one attached hydrogen (secondary N) is 1. The molecule has 1 rings (SSSR count). The van der Waals surface area contributed by atoms with Crippen LogP contribution in [0.5, 0.6) is 0 Å². The van der Waals surface area contributed by atoms with Crippen molar-refractivity contribution in [3.63, 3.8) is 0 Å². The summed E-state index contributed by atoms with van der Waals surface area (Å²) in [6, 6.07) is 0.618. The Morgan fingerprint density at radius 3 is 2.57 bits per heavy atom. The summed E-state index contributed by atoms with van der Waals surface area (Å²) in [6.45, 7) is 12.4. The molecule has 5 nitrogen and oxygen atoms in total. The molecule has 0 aromatic carbocycles. The van der Waals surface area contributed by atoms with E-state index >= 15 is 0 Å². The Hall–Kier alpha value is -0.200. The molecule has 0 aliphatic carbocycles. The van der Waals surface area contributed by atoms with E-state index in [0.717, 1.165) is 25.6 Å². The summed E-state index contributed by atoms with van der Waals surface area (Å²) < 4.78 is 15.9. The average Bonchev–Trinajstić information content (AvgIpc) is 2.50.